The largest absolute Gasteiger partial charge is 0.395 e. The van der Waals surface area contributed by atoms with E-state index in [9.17, 15) is 26.8 Å². The van der Waals surface area contributed by atoms with Crippen molar-refractivity contribution in [3.8, 4) is 0 Å². The molecule has 1 aliphatic heterocycles. The van der Waals surface area contributed by atoms with Gasteiger partial charge in [-0.3, -0.25) is 14.3 Å². The molecule has 1 aromatic heterocycles. The highest BCUT2D eigenvalue weighted by molar-refractivity contribution is 7.92. The Morgan fingerprint density at radius 2 is 2.00 bits per heavy atom. The van der Waals surface area contributed by atoms with E-state index >= 15 is 0 Å². The van der Waals surface area contributed by atoms with E-state index < -0.39 is 58.7 Å². The predicted molar refractivity (Wildman–Crippen MR) is 142 cm³/mol. The molecule has 2 saturated carbocycles. The van der Waals surface area contributed by atoms with Crippen LogP contribution in [0.5, 0.6) is 0 Å². The third-order valence-corrected chi connectivity index (χ3v) is 9.28. The fraction of sp³-hybridized carbons (Fsp3) is 0.538. The van der Waals surface area contributed by atoms with Gasteiger partial charge in [-0.25, -0.2) is 17.2 Å². The van der Waals surface area contributed by atoms with Crippen LogP contribution in [-0.4, -0.2) is 69.1 Å². The van der Waals surface area contributed by atoms with E-state index in [1.54, 1.807) is 13.2 Å². The van der Waals surface area contributed by atoms with E-state index in [2.05, 4.69) is 10.0 Å². The van der Waals surface area contributed by atoms with Gasteiger partial charge in [0.05, 0.1) is 35.9 Å². The van der Waals surface area contributed by atoms with Crippen LogP contribution in [0.3, 0.4) is 0 Å². The number of aliphatic hydroxyl groups is 1. The number of hydrogen-bond acceptors (Lipinski definition) is 7. The van der Waals surface area contributed by atoms with E-state index in [1.165, 1.54) is 35.0 Å². The molecular formula is C26H32F2N4O6S. The Morgan fingerprint density at radius 1 is 1.23 bits per heavy atom. The highest BCUT2D eigenvalue weighted by Crippen LogP contribution is 2.58. The number of rotatable bonds is 10. The predicted octanol–water partition coefficient (Wildman–Crippen LogP) is 2.67. The van der Waals surface area contributed by atoms with E-state index in [1.807, 2.05) is 4.90 Å². The van der Waals surface area contributed by atoms with Crippen LogP contribution < -0.4 is 20.5 Å². The number of sulfonamides is 1. The normalized spacial score (nSPS) is 24.0. The first-order chi connectivity index (χ1) is 18.5. The van der Waals surface area contributed by atoms with Crippen molar-refractivity contribution in [1.29, 1.82) is 0 Å². The molecule has 1 amide bonds. The number of methoxy groups -OCH3 is 1. The van der Waals surface area contributed by atoms with Gasteiger partial charge in [0.1, 0.15) is 5.69 Å². The van der Waals surface area contributed by atoms with Gasteiger partial charge in [0.15, 0.2) is 0 Å². The molecule has 13 heteroatoms. The molecule has 39 heavy (non-hydrogen) atoms. The second-order valence-corrected chi connectivity index (χ2v) is 12.6. The molecule has 10 nitrogen and oxygen atoms in total. The molecule has 2 atom stereocenters. The summed E-state index contributed by atoms with van der Waals surface area (Å²) in [6.45, 7) is 1.41. The van der Waals surface area contributed by atoms with E-state index in [4.69, 9.17) is 9.84 Å². The maximum Gasteiger partial charge on any atom is 0.274 e. The van der Waals surface area contributed by atoms with Crippen LogP contribution in [-0.2, 0) is 14.8 Å². The van der Waals surface area contributed by atoms with Gasteiger partial charge in [0.2, 0.25) is 10.0 Å². The molecular weight excluding hydrogens is 534 g/mol. The fourth-order valence-corrected chi connectivity index (χ4v) is 6.60. The first-order valence-corrected chi connectivity index (χ1v) is 14.5. The number of nitrogens with zero attached hydrogens (tertiary/aromatic N) is 2. The first-order valence-electron chi connectivity index (χ1n) is 12.9. The summed E-state index contributed by atoms with van der Waals surface area (Å²) in [5.74, 6) is -3.47. The smallest absolute Gasteiger partial charge is 0.274 e. The number of alkyl halides is 2. The molecule has 3 aliphatic rings. The topological polar surface area (TPSA) is 130 Å². The number of ether oxygens (including phenoxy) is 1. The molecule has 2 aromatic rings. The lowest BCUT2D eigenvalue weighted by Gasteiger charge is -2.36. The average Bonchev–Trinajstić information content (AvgIpc) is 3.57. The Morgan fingerprint density at radius 3 is 2.67 bits per heavy atom. The van der Waals surface area contributed by atoms with Gasteiger partial charge in [-0.15, -0.1) is 0 Å². The summed E-state index contributed by atoms with van der Waals surface area (Å²) in [6, 6.07) is 6.83. The summed E-state index contributed by atoms with van der Waals surface area (Å²) >= 11 is 0. The molecule has 0 spiro atoms. The molecule has 3 N–H and O–H groups in total. The minimum atomic E-state index is -3.79. The molecule has 1 aromatic carbocycles. The number of amides is 1. The molecule has 1 saturated heterocycles. The Kier molecular flexibility index (Phi) is 7.18. The van der Waals surface area contributed by atoms with E-state index in [-0.39, 0.29) is 22.4 Å². The summed E-state index contributed by atoms with van der Waals surface area (Å²) < 4.78 is 60.3. The summed E-state index contributed by atoms with van der Waals surface area (Å²) in [5.41, 5.74) is 0.515. The van der Waals surface area contributed by atoms with Crippen LogP contribution in [0.1, 0.15) is 42.1 Å². The zero-order valence-corrected chi connectivity index (χ0v) is 22.3. The molecule has 0 radical (unpaired) electrons. The van der Waals surface area contributed by atoms with Gasteiger partial charge in [-0.05, 0) is 49.1 Å². The van der Waals surface area contributed by atoms with Crippen LogP contribution in [0.4, 0.5) is 25.8 Å². The maximum absolute atomic E-state index is 13.5. The van der Waals surface area contributed by atoms with Gasteiger partial charge in [-0.1, -0.05) is 0 Å². The fourth-order valence-electron chi connectivity index (χ4n) is 5.77. The quantitative estimate of drug-likeness (QED) is 0.403. The Balaban J connectivity index is 1.41. The zero-order valence-electron chi connectivity index (χ0n) is 21.5. The number of nitrogens with one attached hydrogen (secondary N) is 2. The molecule has 2 aliphatic carbocycles. The van der Waals surface area contributed by atoms with Crippen molar-refractivity contribution >= 4 is 33.0 Å². The van der Waals surface area contributed by atoms with Crippen LogP contribution in [0, 0.1) is 11.3 Å². The van der Waals surface area contributed by atoms with Crippen molar-refractivity contribution in [2.75, 3.05) is 54.1 Å². The van der Waals surface area contributed by atoms with Crippen molar-refractivity contribution in [3.05, 3.63) is 52.4 Å². The number of aliphatic hydroxyl groups excluding tert-OH is 1. The highest BCUT2D eigenvalue weighted by atomic mass is 32.2. The third-order valence-electron chi connectivity index (χ3n) is 8.01. The number of hydrogen-bond donors (Lipinski definition) is 3. The maximum atomic E-state index is 13.5. The van der Waals surface area contributed by atoms with Crippen LogP contribution in [0.15, 0.2) is 41.3 Å². The Bertz CT molecular complexity index is 1420. The summed E-state index contributed by atoms with van der Waals surface area (Å²) in [4.78, 5) is 28.5. The van der Waals surface area contributed by atoms with Crippen molar-refractivity contribution in [2.45, 2.75) is 37.6 Å². The molecule has 0 bridgehead atoms. The minimum absolute atomic E-state index is 0.0312. The summed E-state index contributed by atoms with van der Waals surface area (Å²) in [6.07, 6.45) is 2.44. The zero-order chi connectivity index (χ0) is 28.0. The summed E-state index contributed by atoms with van der Waals surface area (Å²) in [5, 5.41) is 11.7. The number of fused-ring (bicyclic) bond motifs is 1. The highest BCUT2D eigenvalue weighted by Gasteiger charge is 2.56. The SMILES string of the molecule is COC[C@]12CCN(c3cc(NS(=O)(=O)CCO)ccc3C(=O)Nc3cccn(C4CC(F)(F)C4)c3=O)C[C@H]1C2. The third kappa shape index (κ3) is 5.66. The van der Waals surface area contributed by atoms with Crippen molar-refractivity contribution in [2.24, 2.45) is 11.3 Å². The molecule has 0 unspecified atom stereocenters. The van der Waals surface area contributed by atoms with Gasteiger partial charge < -0.3 is 24.6 Å². The standard InChI is InChI=1S/C26H32F2N4O6S/c1-38-16-25-6-8-31(15-17(25)12-25)22-11-18(30-39(36,37)10-9-33)4-5-20(22)23(34)29-21-3-2-7-32(24(21)35)19-13-26(27,28)14-19/h2-5,7,11,17,19,30,33H,6,8-10,12-16H2,1H3,(H,29,34)/t17-,25-/m1/s1. The Labute approximate surface area is 225 Å². The Hall–Kier alpha value is -3.03. The first kappa shape index (κ1) is 27.5. The van der Waals surface area contributed by atoms with Crippen LogP contribution >= 0.6 is 0 Å². The van der Waals surface area contributed by atoms with E-state index in [0.29, 0.717) is 31.3 Å². The van der Waals surface area contributed by atoms with Crippen molar-refractivity contribution in [1.82, 2.24) is 4.57 Å². The van der Waals surface area contributed by atoms with Crippen molar-refractivity contribution in [3.63, 3.8) is 0 Å². The van der Waals surface area contributed by atoms with E-state index in [0.717, 1.165) is 12.8 Å². The van der Waals surface area contributed by atoms with Crippen LogP contribution in [0.2, 0.25) is 0 Å². The number of benzene rings is 1. The monoisotopic (exact) mass is 566 g/mol. The number of carbonyl (C=O) groups is 1. The lowest BCUT2D eigenvalue weighted by atomic mass is 9.88. The number of pyridine rings is 1. The van der Waals surface area contributed by atoms with Crippen LogP contribution in [0.25, 0.3) is 0 Å². The molecule has 2 heterocycles. The number of aromatic nitrogens is 1. The molecule has 212 valence electrons. The number of piperidine rings is 1. The number of halogens is 2. The lowest BCUT2D eigenvalue weighted by molar-refractivity contribution is -0.104. The molecule has 3 fully saturated rings. The number of carbonyl (C=O) groups excluding carboxylic acids is 1. The summed E-state index contributed by atoms with van der Waals surface area (Å²) in [7, 11) is -2.11. The lowest BCUT2D eigenvalue weighted by Crippen LogP contribution is -2.41. The average molecular weight is 567 g/mol. The van der Waals surface area contributed by atoms with Gasteiger partial charge >= 0.3 is 0 Å². The van der Waals surface area contributed by atoms with Gasteiger partial charge in [0, 0.05) is 50.7 Å². The second-order valence-electron chi connectivity index (χ2n) is 10.8. The van der Waals surface area contributed by atoms with Gasteiger partial charge in [0.25, 0.3) is 17.4 Å². The van der Waals surface area contributed by atoms with Gasteiger partial charge in [-0.2, -0.15) is 0 Å². The second kappa shape index (κ2) is 10.2. The number of anilines is 3. The minimum Gasteiger partial charge on any atom is -0.395 e. The molecule has 5 rings (SSSR count). The van der Waals surface area contributed by atoms with Crippen molar-refractivity contribution < 1.29 is 31.8 Å².